The molecule has 0 unspecified atom stereocenters. The number of hydrogen-bond acceptors (Lipinski definition) is 2. The van der Waals surface area contributed by atoms with Crippen LogP contribution in [0.4, 0.5) is 0 Å². The van der Waals surface area contributed by atoms with Crippen molar-refractivity contribution >= 4 is 15.9 Å². The zero-order chi connectivity index (χ0) is 11.5. The number of rotatable bonds is 2. The fourth-order valence-corrected chi connectivity index (χ4v) is 3.05. The van der Waals surface area contributed by atoms with E-state index in [1.807, 2.05) is 0 Å². The molecule has 16 heavy (non-hydrogen) atoms. The fourth-order valence-electron chi connectivity index (χ4n) is 2.53. The summed E-state index contributed by atoms with van der Waals surface area (Å²) in [7, 11) is 0. The Morgan fingerprint density at radius 3 is 2.75 bits per heavy atom. The first kappa shape index (κ1) is 11.9. The van der Waals surface area contributed by atoms with E-state index in [0.717, 1.165) is 29.3 Å². The van der Waals surface area contributed by atoms with E-state index in [1.54, 1.807) is 0 Å². The number of aromatic hydroxyl groups is 1. The number of phenols is 1. The van der Waals surface area contributed by atoms with Crippen LogP contribution in [-0.4, -0.2) is 11.7 Å². The van der Waals surface area contributed by atoms with Gasteiger partial charge in [0.25, 0.3) is 0 Å². The van der Waals surface area contributed by atoms with E-state index in [1.165, 1.54) is 30.4 Å². The molecule has 88 valence electrons. The minimum atomic E-state index is 0.395. The largest absolute Gasteiger partial charge is 0.506 e. The van der Waals surface area contributed by atoms with Gasteiger partial charge in [-0.15, -0.1) is 0 Å². The van der Waals surface area contributed by atoms with Crippen molar-refractivity contribution in [2.45, 2.75) is 38.5 Å². The zero-order valence-electron chi connectivity index (χ0n) is 9.43. The van der Waals surface area contributed by atoms with Crippen molar-refractivity contribution in [2.75, 3.05) is 6.54 Å². The SMILES string of the molecule is NCCc1c(O)c(Br)cc2c1CCCCC2. The molecule has 3 N–H and O–H groups in total. The van der Waals surface area contributed by atoms with E-state index in [4.69, 9.17) is 5.73 Å². The van der Waals surface area contributed by atoms with Crippen LogP contribution in [0.3, 0.4) is 0 Å². The minimum Gasteiger partial charge on any atom is -0.506 e. The highest BCUT2D eigenvalue weighted by atomic mass is 79.9. The van der Waals surface area contributed by atoms with Gasteiger partial charge < -0.3 is 10.8 Å². The van der Waals surface area contributed by atoms with Gasteiger partial charge in [-0.1, -0.05) is 6.42 Å². The van der Waals surface area contributed by atoms with E-state index in [-0.39, 0.29) is 0 Å². The number of phenolic OH excluding ortho intramolecular Hbond substituents is 1. The molecule has 1 aromatic rings. The number of hydrogen-bond donors (Lipinski definition) is 2. The molecule has 2 nitrogen and oxygen atoms in total. The molecule has 0 heterocycles. The lowest BCUT2D eigenvalue weighted by molar-refractivity contribution is 0.463. The van der Waals surface area contributed by atoms with Gasteiger partial charge in [0.1, 0.15) is 5.75 Å². The van der Waals surface area contributed by atoms with Crippen molar-refractivity contribution in [1.29, 1.82) is 0 Å². The maximum Gasteiger partial charge on any atom is 0.133 e. The topological polar surface area (TPSA) is 46.2 Å². The molecule has 0 aromatic heterocycles. The van der Waals surface area contributed by atoms with E-state index in [9.17, 15) is 5.11 Å². The second-order valence-corrected chi connectivity index (χ2v) is 5.28. The first-order valence-corrected chi connectivity index (χ1v) is 6.75. The van der Waals surface area contributed by atoms with E-state index in [0.29, 0.717) is 12.3 Å². The van der Waals surface area contributed by atoms with Crippen LogP contribution in [0.25, 0.3) is 0 Å². The van der Waals surface area contributed by atoms with Gasteiger partial charge >= 0.3 is 0 Å². The number of halogens is 1. The Labute approximate surface area is 105 Å². The molecular formula is C13H18BrNO. The average molecular weight is 284 g/mol. The van der Waals surface area contributed by atoms with Crippen molar-refractivity contribution in [3.63, 3.8) is 0 Å². The van der Waals surface area contributed by atoms with E-state index < -0.39 is 0 Å². The number of nitrogens with two attached hydrogens (primary N) is 1. The Morgan fingerprint density at radius 1 is 1.25 bits per heavy atom. The highest BCUT2D eigenvalue weighted by Gasteiger charge is 2.17. The number of fused-ring (bicyclic) bond motifs is 1. The molecule has 0 bridgehead atoms. The van der Waals surface area contributed by atoms with Gasteiger partial charge in [-0.2, -0.15) is 0 Å². The van der Waals surface area contributed by atoms with Gasteiger partial charge in [-0.05, 0) is 77.3 Å². The molecule has 0 radical (unpaired) electrons. The summed E-state index contributed by atoms with van der Waals surface area (Å²) in [5, 5.41) is 10.1. The molecule has 3 heteroatoms. The van der Waals surface area contributed by atoms with E-state index in [2.05, 4.69) is 22.0 Å². The lowest BCUT2D eigenvalue weighted by atomic mass is 9.94. The number of aryl methyl sites for hydroxylation is 1. The van der Waals surface area contributed by atoms with E-state index >= 15 is 0 Å². The second kappa shape index (κ2) is 5.19. The highest BCUT2D eigenvalue weighted by molar-refractivity contribution is 9.10. The smallest absolute Gasteiger partial charge is 0.133 e. The van der Waals surface area contributed by atoms with Crippen LogP contribution >= 0.6 is 15.9 Å². The molecule has 1 aromatic carbocycles. The quantitative estimate of drug-likeness (QED) is 0.820. The normalized spacial score (nSPS) is 15.6. The highest BCUT2D eigenvalue weighted by Crippen LogP contribution is 2.36. The van der Waals surface area contributed by atoms with Gasteiger partial charge in [0.2, 0.25) is 0 Å². The summed E-state index contributed by atoms with van der Waals surface area (Å²) in [6, 6.07) is 2.08. The summed E-state index contributed by atoms with van der Waals surface area (Å²) in [6.07, 6.45) is 6.76. The monoisotopic (exact) mass is 283 g/mol. The average Bonchev–Trinajstić information content (AvgIpc) is 2.50. The van der Waals surface area contributed by atoms with Gasteiger partial charge in [0.15, 0.2) is 0 Å². The van der Waals surface area contributed by atoms with Crippen LogP contribution < -0.4 is 5.73 Å². The van der Waals surface area contributed by atoms with Crippen molar-refractivity contribution < 1.29 is 5.11 Å². The maximum absolute atomic E-state index is 10.1. The minimum absolute atomic E-state index is 0.395. The molecule has 0 amide bonds. The third kappa shape index (κ3) is 2.25. The number of benzene rings is 1. The predicted octanol–water partition coefficient (Wildman–Crippen LogP) is 2.92. The molecule has 0 atom stereocenters. The summed E-state index contributed by atoms with van der Waals surface area (Å²) in [6.45, 7) is 0.594. The Morgan fingerprint density at radius 2 is 2.00 bits per heavy atom. The van der Waals surface area contributed by atoms with Crippen LogP contribution in [0.2, 0.25) is 0 Å². The molecule has 0 fully saturated rings. The van der Waals surface area contributed by atoms with Gasteiger partial charge in [0.05, 0.1) is 4.47 Å². The molecule has 0 saturated carbocycles. The Kier molecular flexibility index (Phi) is 3.87. The first-order valence-electron chi connectivity index (χ1n) is 5.96. The molecule has 1 aliphatic carbocycles. The van der Waals surface area contributed by atoms with Gasteiger partial charge in [-0.3, -0.25) is 0 Å². The lowest BCUT2D eigenvalue weighted by Crippen LogP contribution is -2.07. The second-order valence-electron chi connectivity index (χ2n) is 4.42. The Balaban J connectivity index is 2.51. The summed E-state index contributed by atoms with van der Waals surface area (Å²) >= 11 is 3.43. The fraction of sp³-hybridized carbons (Fsp3) is 0.538. The van der Waals surface area contributed by atoms with Gasteiger partial charge in [-0.25, -0.2) is 0 Å². The summed E-state index contributed by atoms with van der Waals surface area (Å²) < 4.78 is 0.816. The van der Waals surface area contributed by atoms with Crippen LogP contribution in [0.15, 0.2) is 10.5 Å². The molecular weight excluding hydrogens is 266 g/mol. The molecule has 0 spiro atoms. The van der Waals surface area contributed by atoms with Gasteiger partial charge in [0, 0.05) is 0 Å². The van der Waals surface area contributed by atoms with Crippen molar-refractivity contribution in [1.82, 2.24) is 0 Å². The van der Waals surface area contributed by atoms with Crippen molar-refractivity contribution in [3.05, 3.63) is 27.2 Å². The predicted molar refractivity (Wildman–Crippen MR) is 69.8 cm³/mol. The van der Waals surface area contributed by atoms with Crippen LogP contribution in [0, 0.1) is 0 Å². The molecule has 0 saturated heterocycles. The van der Waals surface area contributed by atoms with Crippen molar-refractivity contribution in [3.8, 4) is 5.75 Å². The first-order chi connectivity index (χ1) is 7.74. The van der Waals surface area contributed by atoms with Crippen LogP contribution in [-0.2, 0) is 19.3 Å². The Bertz CT molecular complexity index is 390. The standard InChI is InChI=1S/C13H18BrNO/c14-12-8-9-4-2-1-3-5-10(9)11(6-7-15)13(12)16/h8,16H,1-7,15H2. The maximum atomic E-state index is 10.1. The lowest BCUT2D eigenvalue weighted by Gasteiger charge is -2.15. The summed E-state index contributed by atoms with van der Waals surface area (Å²) in [4.78, 5) is 0. The Hall–Kier alpha value is -0.540. The third-order valence-electron chi connectivity index (χ3n) is 3.33. The third-order valence-corrected chi connectivity index (χ3v) is 3.94. The van der Waals surface area contributed by atoms with Crippen molar-refractivity contribution in [2.24, 2.45) is 5.73 Å². The molecule has 1 aliphatic rings. The molecule has 2 rings (SSSR count). The van der Waals surface area contributed by atoms with Crippen LogP contribution in [0.1, 0.15) is 36.0 Å². The van der Waals surface area contributed by atoms with Crippen LogP contribution in [0.5, 0.6) is 5.75 Å². The zero-order valence-corrected chi connectivity index (χ0v) is 11.0. The molecule has 0 aliphatic heterocycles. The summed E-state index contributed by atoms with van der Waals surface area (Å²) in [5.41, 5.74) is 9.43. The summed E-state index contributed by atoms with van der Waals surface area (Å²) in [5.74, 6) is 0.395.